The molecule has 10 heteroatoms. The van der Waals surface area contributed by atoms with E-state index in [0.717, 1.165) is 21.0 Å². The van der Waals surface area contributed by atoms with Crippen molar-refractivity contribution in [3.05, 3.63) is 96.7 Å². The van der Waals surface area contributed by atoms with Crippen LogP contribution in [0.15, 0.2) is 94.7 Å². The monoisotopic (exact) mass is 491 g/mol. The molecular formula is C25H21N3O6S. The lowest BCUT2D eigenvalue weighted by Gasteiger charge is -2.32. The highest BCUT2D eigenvalue weighted by Crippen LogP contribution is 2.31. The van der Waals surface area contributed by atoms with Crippen LogP contribution in [0.1, 0.15) is 11.3 Å². The van der Waals surface area contributed by atoms with Crippen molar-refractivity contribution in [3.63, 3.8) is 0 Å². The predicted octanol–water partition coefficient (Wildman–Crippen LogP) is 3.75. The molecule has 1 unspecified atom stereocenters. The number of sulfonamides is 1. The summed E-state index contributed by atoms with van der Waals surface area (Å²) in [6.07, 6.45) is 5.00. The van der Waals surface area contributed by atoms with Crippen molar-refractivity contribution in [2.75, 3.05) is 0 Å². The minimum Gasteiger partial charge on any atom is -0.468 e. The minimum atomic E-state index is -4.07. The fraction of sp³-hybridized carbons (Fsp3) is 0.120. The second-order valence-corrected chi connectivity index (χ2v) is 9.84. The second-order valence-electron chi connectivity index (χ2n) is 7.95. The van der Waals surface area contributed by atoms with E-state index in [-0.39, 0.29) is 17.9 Å². The number of aromatic nitrogens is 1. The van der Waals surface area contributed by atoms with Crippen molar-refractivity contribution in [1.82, 2.24) is 14.8 Å². The number of rotatable bonds is 6. The normalized spacial score (nSPS) is 15.9. The molecule has 0 fully saturated rings. The second kappa shape index (κ2) is 9.34. The van der Waals surface area contributed by atoms with Crippen molar-refractivity contribution in [1.29, 1.82) is 0 Å². The number of nitrogens with zero attached hydrogens (tertiary/aromatic N) is 2. The first kappa shape index (κ1) is 22.8. The summed E-state index contributed by atoms with van der Waals surface area (Å²) < 4.78 is 39.0. The number of nitrogens with one attached hydrogen (secondary N) is 1. The van der Waals surface area contributed by atoms with Crippen LogP contribution in [0.4, 0.5) is 0 Å². The first-order valence-electron chi connectivity index (χ1n) is 10.7. The molecule has 1 aliphatic rings. The molecule has 9 nitrogen and oxygen atoms in total. The zero-order chi connectivity index (χ0) is 24.4. The van der Waals surface area contributed by atoms with E-state index in [1.807, 2.05) is 36.4 Å². The van der Waals surface area contributed by atoms with Crippen LogP contribution in [0.3, 0.4) is 0 Å². The number of furan rings is 1. The number of hydroxylamine groups is 1. The van der Waals surface area contributed by atoms with Gasteiger partial charge in [-0.05, 0) is 71.3 Å². The quantitative estimate of drug-likeness (QED) is 0.311. The standard InChI is InChI=1S/C25H21N3O6S/c29-25(27-30)23-15-19-11-14-33-24(19)16-28(23)35(31,32)22-7-5-21(6-8-22)34-20-3-1-17(2-4-20)18-9-12-26-13-10-18/h1-14,23,30H,15-16H2,(H,27,29). The van der Waals surface area contributed by atoms with Gasteiger partial charge in [0.25, 0.3) is 5.91 Å². The fourth-order valence-electron chi connectivity index (χ4n) is 4.01. The summed E-state index contributed by atoms with van der Waals surface area (Å²) in [6, 6.07) is 17.8. The molecule has 178 valence electrons. The highest BCUT2D eigenvalue weighted by Gasteiger charge is 2.40. The van der Waals surface area contributed by atoms with Gasteiger partial charge < -0.3 is 9.15 Å². The Kier molecular flexibility index (Phi) is 6.08. The molecule has 1 aliphatic heterocycles. The molecule has 5 rings (SSSR count). The molecule has 35 heavy (non-hydrogen) atoms. The maximum Gasteiger partial charge on any atom is 0.262 e. The molecule has 0 saturated heterocycles. The smallest absolute Gasteiger partial charge is 0.262 e. The van der Waals surface area contributed by atoms with E-state index < -0.39 is 22.0 Å². The van der Waals surface area contributed by atoms with Crippen molar-refractivity contribution in [2.24, 2.45) is 0 Å². The molecule has 0 radical (unpaired) electrons. The first-order chi connectivity index (χ1) is 17.0. The molecule has 4 aromatic rings. The Morgan fingerprint density at radius 1 is 0.971 bits per heavy atom. The molecule has 0 aliphatic carbocycles. The Labute approximate surface area is 201 Å². The van der Waals surface area contributed by atoms with Gasteiger partial charge in [0.05, 0.1) is 17.7 Å². The zero-order valence-electron chi connectivity index (χ0n) is 18.4. The summed E-state index contributed by atoms with van der Waals surface area (Å²) >= 11 is 0. The van der Waals surface area contributed by atoms with Crippen LogP contribution in [0.2, 0.25) is 0 Å². The number of carbonyl (C=O) groups excluding carboxylic acids is 1. The Bertz CT molecular complexity index is 1430. The van der Waals surface area contributed by atoms with Crippen molar-refractivity contribution in [2.45, 2.75) is 23.9 Å². The molecule has 2 N–H and O–H groups in total. The summed E-state index contributed by atoms with van der Waals surface area (Å²) in [4.78, 5) is 16.2. The van der Waals surface area contributed by atoms with Crippen molar-refractivity contribution < 1.29 is 27.6 Å². The summed E-state index contributed by atoms with van der Waals surface area (Å²) in [5.74, 6) is 0.707. The molecule has 2 aromatic carbocycles. The average Bonchev–Trinajstić information content (AvgIpc) is 3.36. The first-order valence-corrected chi connectivity index (χ1v) is 12.2. The van der Waals surface area contributed by atoms with Gasteiger partial charge in [0, 0.05) is 18.8 Å². The van der Waals surface area contributed by atoms with Crippen LogP contribution >= 0.6 is 0 Å². The Hall–Kier alpha value is -3.99. The van der Waals surface area contributed by atoms with E-state index in [4.69, 9.17) is 14.4 Å². The van der Waals surface area contributed by atoms with Gasteiger partial charge in [0.1, 0.15) is 23.3 Å². The van der Waals surface area contributed by atoms with E-state index in [9.17, 15) is 13.2 Å². The average molecular weight is 492 g/mol. The molecule has 1 amide bonds. The largest absolute Gasteiger partial charge is 0.468 e. The highest BCUT2D eigenvalue weighted by atomic mass is 32.2. The summed E-state index contributed by atoms with van der Waals surface area (Å²) in [6.45, 7) is -0.120. The summed E-state index contributed by atoms with van der Waals surface area (Å²) in [7, 11) is -4.07. The molecule has 0 bridgehead atoms. The van der Waals surface area contributed by atoms with Gasteiger partial charge in [-0.3, -0.25) is 15.0 Å². The Balaban J connectivity index is 1.34. The Morgan fingerprint density at radius 2 is 1.60 bits per heavy atom. The number of amides is 1. The van der Waals surface area contributed by atoms with Crippen LogP contribution in [-0.2, 0) is 27.8 Å². The minimum absolute atomic E-state index is 0.0105. The van der Waals surface area contributed by atoms with Crippen LogP contribution in [-0.4, -0.2) is 34.9 Å². The predicted molar refractivity (Wildman–Crippen MR) is 125 cm³/mol. The van der Waals surface area contributed by atoms with Gasteiger partial charge in [-0.1, -0.05) is 12.1 Å². The number of carbonyl (C=O) groups is 1. The molecule has 0 saturated carbocycles. The van der Waals surface area contributed by atoms with Gasteiger partial charge in [-0.2, -0.15) is 4.31 Å². The Morgan fingerprint density at radius 3 is 2.26 bits per heavy atom. The summed E-state index contributed by atoms with van der Waals surface area (Å²) in [5, 5.41) is 9.13. The maximum atomic E-state index is 13.4. The molecule has 2 aromatic heterocycles. The highest BCUT2D eigenvalue weighted by molar-refractivity contribution is 7.89. The van der Waals surface area contributed by atoms with E-state index >= 15 is 0 Å². The van der Waals surface area contributed by atoms with Crippen LogP contribution < -0.4 is 10.2 Å². The lowest BCUT2D eigenvalue weighted by molar-refractivity contribution is -0.133. The van der Waals surface area contributed by atoms with Gasteiger partial charge in [-0.15, -0.1) is 0 Å². The zero-order valence-corrected chi connectivity index (χ0v) is 19.2. The fourth-order valence-corrected chi connectivity index (χ4v) is 5.55. The molecular weight excluding hydrogens is 470 g/mol. The van der Waals surface area contributed by atoms with Gasteiger partial charge in [0.2, 0.25) is 10.0 Å². The molecule has 3 heterocycles. The number of hydrogen-bond acceptors (Lipinski definition) is 7. The van der Waals surface area contributed by atoms with Gasteiger partial charge in [0.15, 0.2) is 0 Å². The third-order valence-corrected chi connectivity index (χ3v) is 7.71. The number of hydrogen-bond donors (Lipinski definition) is 2. The van der Waals surface area contributed by atoms with Crippen LogP contribution in [0, 0.1) is 0 Å². The van der Waals surface area contributed by atoms with Crippen molar-refractivity contribution >= 4 is 15.9 Å². The lowest BCUT2D eigenvalue weighted by atomic mass is 10.0. The van der Waals surface area contributed by atoms with Gasteiger partial charge >= 0.3 is 0 Å². The SMILES string of the molecule is O=C(NO)C1Cc2ccoc2CN1S(=O)(=O)c1ccc(Oc2ccc(-c3ccncc3)cc2)cc1. The van der Waals surface area contributed by atoms with Crippen LogP contribution in [0.5, 0.6) is 11.5 Å². The number of pyridine rings is 1. The van der Waals surface area contributed by atoms with Crippen molar-refractivity contribution in [3.8, 4) is 22.6 Å². The van der Waals surface area contributed by atoms with E-state index in [0.29, 0.717) is 17.3 Å². The van der Waals surface area contributed by atoms with Gasteiger partial charge in [-0.25, -0.2) is 13.9 Å². The topological polar surface area (TPSA) is 122 Å². The molecule has 1 atom stereocenters. The molecule has 0 spiro atoms. The number of fused-ring (bicyclic) bond motifs is 1. The lowest BCUT2D eigenvalue weighted by Crippen LogP contribution is -2.51. The maximum absolute atomic E-state index is 13.4. The van der Waals surface area contributed by atoms with E-state index in [1.54, 1.807) is 36.1 Å². The van der Waals surface area contributed by atoms with E-state index in [1.165, 1.54) is 18.4 Å². The van der Waals surface area contributed by atoms with Crippen LogP contribution in [0.25, 0.3) is 11.1 Å². The third kappa shape index (κ3) is 4.54. The number of benzene rings is 2. The number of ether oxygens (including phenoxy) is 1. The third-order valence-electron chi connectivity index (χ3n) is 5.84. The van der Waals surface area contributed by atoms with E-state index in [2.05, 4.69) is 4.98 Å². The summed E-state index contributed by atoms with van der Waals surface area (Å²) in [5.41, 5.74) is 4.34.